The van der Waals surface area contributed by atoms with Gasteiger partial charge in [-0.3, -0.25) is 15.1 Å². The van der Waals surface area contributed by atoms with Crippen LogP contribution < -0.4 is 10.6 Å². The number of benzene rings is 1. The van der Waals surface area contributed by atoms with E-state index in [1.165, 1.54) is 18.2 Å². The van der Waals surface area contributed by atoms with Crippen LogP contribution in [0.15, 0.2) is 48.8 Å². The lowest BCUT2D eigenvalue weighted by Gasteiger charge is -2.14. The summed E-state index contributed by atoms with van der Waals surface area (Å²) in [5.74, 6) is 0.827. The highest BCUT2D eigenvalue weighted by molar-refractivity contribution is 6.31. The Hall–Kier alpha value is -3.26. The largest absolute Gasteiger partial charge is 0.352 e. The van der Waals surface area contributed by atoms with Crippen molar-refractivity contribution in [3.63, 3.8) is 0 Å². The molecule has 2 N–H and O–H groups in total. The van der Waals surface area contributed by atoms with E-state index in [4.69, 9.17) is 11.6 Å². The zero-order valence-electron chi connectivity index (χ0n) is 15.4. The number of nitrogens with one attached hydrogen (secondary N) is 2. The molecule has 0 aliphatic heterocycles. The quantitative estimate of drug-likeness (QED) is 0.423. The highest BCUT2D eigenvalue weighted by Crippen LogP contribution is 2.31. The topological polar surface area (TPSA) is 106 Å². The van der Waals surface area contributed by atoms with Gasteiger partial charge in [-0.25, -0.2) is 4.98 Å². The zero-order chi connectivity index (χ0) is 20.1. The van der Waals surface area contributed by atoms with E-state index < -0.39 is 4.92 Å². The number of rotatable bonds is 7. The number of nitro groups is 1. The van der Waals surface area contributed by atoms with E-state index in [0.29, 0.717) is 22.5 Å². The molecule has 2 aromatic heterocycles. The van der Waals surface area contributed by atoms with E-state index >= 15 is 0 Å². The average molecular weight is 399 g/mol. The predicted octanol–water partition coefficient (Wildman–Crippen LogP) is 5.05. The first-order chi connectivity index (χ1) is 13.5. The molecular formula is C19H19ClN6O2. The SMILES string of the molecule is CC[C@H](C)Nc1nc(Nc2cc(Cl)ccc2[N+](=O)[O-])cc(-c2cccnc2)n1. The number of halogens is 1. The first kappa shape index (κ1) is 19.5. The molecule has 2 heterocycles. The van der Waals surface area contributed by atoms with Crippen molar-refractivity contribution < 1.29 is 4.92 Å². The lowest BCUT2D eigenvalue weighted by molar-refractivity contribution is -0.383. The second-order valence-corrected chi connectivity index (χ2v) is 6.64. The van der Waals surface area contributed by atoms with E-state index in [0.717, 1.165) is 12.0 Å². The summed E-state index contributed by atoms with van der Waals surface area (Å²) in [6, 6.07) is 9.89. The van der Waals surface area contributed by atoms with Crippen molar-refractivity contribution in [3.05, 3.63) is 63.9 Å². The van der Waals surface area contributed by atoms with Crippen molar-refractivity contribution in [2.24, 2.45) is 0 Å². The molecule has 3 aromatic rings. The van der Waals surface area contributed by atoms with Crippen LogP contribution in [0.1, 0.15) is 20.3 Å². The van der Waals surface area contributed by atoms with Gasteiger partial charge in [0.15, 0.2) is 0 Å². The number of pyridine rings is 1. The van der Waals surface area contributed by atoms with E-state index in [9.17, 15) is 10.1 Å². The fourth-order valence-electron chi connectivity index (χ4n) is 2.47. The fourth-order valence-corrected chi connectivity index (χ4v) is 2.64. The van der Waals surface area contributed by atoms with Gasteiger partial charge in [-0.15, -0.1) is 0 Å². The molecule has 1 aromatic carbocycles. The maximum absolute atomic E-state index is 11.3. The van der Waals surface area contributed by atoms with Gasteiger partial charge in [-0.2, -0.15) is 4.98 Å². The number of hydrogen-bond donors (Lipinski definition) is 2. The summed E-state index contributed by atoms with van der Waals surface area (Å²) in [6.07, 6.45) is 4.27. The molecule has 0 spiro atoms. The molecule has 0 bridgehead atoms. The van der Waals surface area contributed by atoms with Crippen LogP contribution in [0.4, 0.5) is 23.1 Å². The molecular weight excluding hydrogens is 380 g/mol. The average Bonchev–Trinajstić information content (AvgIpc) is 2.68. The number of nitro benzene ring substituents is 1. The minimum absolute atomic E-state index is 0.0950. The Bertz CT molecular complexity index is 983. The van der Waals surface area contributed by atoms with Crippen molar-refractivity contribution in [1.29, 1.82) is 0 Å². The second-order valence-electron chi connectivity index (χ2n) is 6.20. The van der Waals surface area contributed by atoms with Gasteiger partial charge >= 0.3 is 0 Å². The maximum Gasteiger partial charge on any atom is 0.292 e. The summed E-state index contributed by atoms with van der Waals surface area (Å²) in [4.78, 5) is 24.0. The highest BCUT2D eigenvalue weighted by atomic mass is 35.5. The number of anilines is 3. The van der Waals surface area contributed by atoms with Gasteiger partial charge in [0.1, 0.15) is 11.5 Å². The predicted molar refractivity (Wildman–Crippen MR) is 110 cm³/mol. The minimum Gasteiger partial charge on any atom is -0.352 e. The van der Waals surface area contributed by atoms with E-state index in [2.05, 4.69) is 32.5 Å². The molecule has 144 valence electrons. The Labute approximate surface area is 167 Å². The Morgan fingerprint density at radius 1 is 1.25 bits per heavy atom. The van der Waals surface area contributed by atoms with E-state index in [1.54, 1.807) is 18.5 Å². The molecule has 0 aliphatic rings. The van der Waals surface area contributed by atoms with Crippen molar-refractivity contribution in [1.82, 2.24) is 15.0 Å². The molecule has 28 heavy (non-hydrogen) atoms. The Kier molecular flexibility index (Phi) is 6.00. The summed E-state index contributed by atoms with van der Waals surface area (Å²) in [5, 5.41) is 17.9. The first-order valence-electron chi connectivity index (χ1n) is 8.73. The standard InChI is InChI=1S/C19H19ClN6O2/c1-3-12(2)22-19-24-15(13-5-4-8-21-11-13)10-18(25-19)23-16-9-14(20)6-7-17(16)26(27)28/h4-12H,3H2,1-2H3,(H2,22,23,24,25)/t12-/m0/s1. The van der Waals surface area contributed by atoms with Crippen LogP contribution in [0.2, 0.25) is 5.02 Å². The fraction of sp³-hybridized carbons (Fsp3) is 0.211. The van der Waals surface area contributed by atoms with Gasteiger partial charge in [0.25, 0.3) is 5.69 Å². The van der Waals surface area contributed by atoms with Crippen LogP contribution in [0.5, 0.6) is 0 Å². The van der Waals surface area contributed by atoms with Crippen LogP contribution in [0.3, 0.4) is 0 Å². The molecule has 0 unspecified atom stereocenters. The van der Waals surface area contributed by atoms with Gasteiger partial charge < -0.3 is 10.6 Å². The third-order valence-corrected chi connectivity index (χ3v) is 4.32. The molecule has 9 heteroatoms. The molecule has 1 atom stereocenters. The Morgan fingerprint density at radius 3 is 2.75 bits per heavy atom. The lowest BCUT2D eigenvalue weighted by Crippen LogP contribution is -2.16. The van der Waals surface area contributed by atoms with Crippen LogP contribution in [0.25, 0.3) is 11.3 Å². The van der Waals surface area contributed by atoms with Crippen LogP contribution in [0, 0.1) is 10.1 Å². The van der Waals surface area contributed by atoms with Crippen molar-refractivity contribution in [2.75, 3.05) is 10.6 Å². The molecule has 8 nitrogen and oxygen atoms in total. The summed E-state index contributed by atoms with van der Waals surface area (Å²) in [5.41, 5.74) is 1.60. The number of hydrogen-bond acceptors (Lipinski definition) is 7. The maximum atomic E-state index is 11.3. The van der Waals surface area contributed by atoms with E-state index in [-0.39, 0.29) is 17.4 Å². The van der Waals surface area contributed by atoms with Crippen molar-refractivity contribution >= 4 is 34.7 Å². The first-order valence-corrected chi connectivity index (χ1v) is 9.11. The van der Waals surface area contributed by atoms with Crippen LogP contribution >= 0.6 is 11.6 Å². The van der Waals surface area contributed by atoms with Crippen LogP contribution in [-0.2, 0) is 0 Å². The Balaban J connectivity index is 2.04. The molecule has 3 rings (SSSR count). The third kappa shape index (κ3) is 4.72. The van der Waals surface area contributed by atoms with Gasteiger partial charge in [-0.1, -0.05) is 18.5 Å². The molecule has 0 radical (unpaired) electrons. The minimum atomic E-state index is -0.472. The molecule has 0 aliphatic carbocycles. The summed E-state index contributed by atoms with van der Waals surface area (Å²) >= 11 is 6.02. The number of nitrogens with zero attached hydrogens (tertiary/aromatic N) is 4. The van der Waals surface area contributed by atoms with Crippen molar-refractivity contribution in [2.45, 2.75) is 26.3 Å². The van der Waals surface area contributed by atoms with Crippen LogP contribution in [-0.4, -0.2) is 25.9 Å². The van der Waals surface area contributed by atoms with E-state index in [1.807, 2.05) is 19.1 Å². The summed E-state index contributed by atoms with van der Waals surface area (Å²) in [6.45, 7) is 4.08. The normalized spacial score (nSPS) is 11.7. The summed E-state index contributed by atoms with van der Waals surface area (Å²) in [7, 11) is 0. The molecule has 0 saturated heterocycles. The summed E-state index contributed by atoms with van der Waals surface area (Å²) < 4.78 is 0. The van der Waals surface area contributed by atoms with Gasteiger partial charge in [0, 0.05) is 41.2 Å². The molecule has 0 saturated carbocycles. The van der Waals surface area contributed by atoms with Gasteiger partial charge in [-0.05, 0) is 37.6 Å². The third-order valence-electron chi connectivity index (χ3n) is 4.09. The second kappa shape index (κ2) is 8.62. The van der Waals surface area contributed by atoms with Gasteiger partial charge in [0.2, 0.25) is 5.95 Å². The van der Waals surface area contributed by atoms with Gasteiger partial charge in [0.05, 0.1) is 10.6 Å². The highest BCUT2D eigenvalue weighted by Gasteiger charge is 2.16. The zero-order valence-corrected chi connectivity index (χ0v) is 16.1. The monoisotopic (exact) mass is 398 g/mol. The smallest absolute Gasteiger partial charge is 0.292 e. The Morgan fingerprint density at radius 2 is 2.07 bits per heavy atom. The lowest BCUT2D eigenvalue weighted by atomic mass is 10.2. The molecule has 0 fully saturated rings. The molecule has 0 amide bonds. The van der Waals surface area contributed by atoms with Crippen molar-refractivity contribution in [3.8, 4) is 11.3 Å². The number of aromatic nitrogens is 3.